The lowest BCUT2D eigenvalue weighted by Crippen LogP contribution is -2.41. The topological polar surface area (TPSA) is 56.1 Å². The molecule has 1 aromatic rings. The van der Waals surface area contributed by atoms with Crippen LogP contribution in [0.2, 0.25) is 0 Å². The molecule has 2 aliphatic carbocycles. The van der Waals surface area contributed by atoms with Crippen molar-refractivity contribution in [3.8, 4) is 0 Å². The zero-order valence-electron chi connectivity index (χ0n) is 11.6. The molecular formula is C14H20BrN3O2. The molecule has 1 aromatic heterocycles. The Hall–Kier alpha value is -0.880. The van der Waals surface area contributed by atoms with Crippen LogP contribution in [0, 0.1) is 5.92 Å². The van der Waals surface area contributed by atoms with Gasteiger partial charge in [-0.15, -0.1) is 0 Å². The van der Waals surface area contributed by atoms with Crippen molar-refractivity contribution in [2.75, 3.05) is 11.9 Å². The summed E-state index contributed by atoms with van der Waals surface area (Å²) in [6.07, 6.45) is 6.53. The van der Waals surface area contributed by atoms with E-state index in [1.54, 1.807) is 10.9 Å². The van der Waals surface area contributed by atoms with Crippen molar-refractivity contribution in [2.45, 2.75) is 51.3 Å². The van der Waals surface area contributed by atoms with Crippen LogP contribution in [0.1, 0.15) is 32.6 Å². The molecule has 1 heterocycles. The van der Waals surface area contributed by atoms with Gasteiger partial charge in [-0.25, -0.2) is 4.68 Å². The van der Waals surface area contributed by atoms with E-state index in [2.05, 4.69) is 26.3 Å². The maximum atomic E-state index is 12.2. The zero-order valence-corrected chi connectivity index (χ0v) is 13.2. The summed E-state index contributed by atoms with van der Waals surface area (Å²) in [6, 6.07) is 0.378. The molecule has 3 rings (SSSR count). The van der Waals surface area contributed by atoms with Crippen LogP contribution in [-0.4, -0.2) is 28.5 Å². The Morgan fingerprint density at radius 2 is 2.25 bits per heavy atom. The van der Waals surface area contributed by atoms with Crippen molar-refractivity contribution < 1.29 is 4.74 Å². The van der Waals surface area contributed by atoms with Crippen molar-refractivity contribution in [3.05, 3.63) is 21.0 Å². The molecule has 0 bridgehead atoms. The highest BCUT2D eigenvalue weighted by atomic mass is 79.9. The average molecular weight is 342 g/mol. The molecule has 2 fully saturated rings. The van der Waals surface area contributed by atoms with Gasteiger partial charge >= 0.3 is 0 Å². The minimum Gasteiger partial charge on any atom is -0.380 e. The second-order valence-electron chi connectivity index (χ2n) is 5.69. The number of anilines is 1. The Morgan fingerprint density at radius 1 is 1.50 bits per heavy atom. The molecule has 0 saturated heterocycles. The molecule has 0 aliphatic heterocycles. The van der Waals surface area contributed by atoms with E-state index in [4.69, 9.17) is 4.74 Å². The van der Waals surface area contributed by atoms with Crippen molar-refractivity contribution in [2.24, 2.45) is 5.92 Å². The van der Waals surface area contributed by atoms with Gasteiger partial charge in [0.05, 0.1) is 18.0 Å². The first-order valence-corrected chi connectivity index (χ1v) is 8.10. The first-order chi connectivity index (χ1) is 9.67. The molecule has 0 atom stereocenters. The van der Waals surface area contributed by atoms with E-state index in [-0.39, 0.29) is 5.56 Å². The minimum absolute atomic E-state index is 0.0393. The van der Waals surface area contributed by atoms with Crippen molar-refractivity contribution in [1.29, 1.82) is 0 Å². The van der Waals surface area contributed by atoms with E-state index in [1.165, 1.54) is 12.8 Å². The first kappa shape index (κ1) is 14.1. The fourth-order valence-electron chi connectivity index (χ4n) is 2.52. The Morgan fingerprint density at radius 3 is 2.90 bits per heavy atom. The number of aromatic nitrogens is 2. The number of nitrogens with one attached hydrogen (secondary N) is 1. The van der Waals surface area contributed by atoms with Crippen molar-refractivity contribution in [3.63, 3.8) is 0 Å². The second kappa shape index (κ2) is 5.85. The number of hydrogen-bond donors (Lipinski definition) is 1. The van der Waals surface area contributed by atoms with Gasteiger partial charge in [0.25, 0.3) is 5.56 Å². The molecule has 1 N–H and O–H groups in total. The van der Waals surface area contributed by atoms with Crippen LogP contribution in [0.3, 0.4) is 0 Å². The summed E-state index contributed by atoms with van der Waals surface area (Å²) >= 11 is 3.40. The van der Waals surface area contributed by atoms with Gasteiger partial charge in [-0.05, 0) is 54.5 Å². The highest BCUT2D eigenvalue weighted by molar-refractivity contribution is 9.10. The molecule has 2 saturated carbocycles. The van der Waals surface area contributed by atoms with Gasteiger partial charge in [0, 0.05) is 19.2 Å². The summed E-state index contributed by atoms with van der Waals surface area (Å²) in [7, 11) is 0. The SMILES string of the molecule is CCOC1CC(Nc2cnn(CC3CC3)c(=O)c2Br)C1. The third-order valence-corrected chi connectivity index (χ3v) is 4.74. The molecule has 2 aliphatic rings. The minimum atomic E-state index is -0.0393. The number of nitrogens with zero attached hydrogens (tertiary/aromatic N) is 2. The van der Waals surface area contributed by atoms with Crippen LogP contribution in [0.4, 0.5) is 5.69 Å². The molecular weight excluding hydrogens is 322 g/mol. The number of ether oxygens (including phenoxy) is 1. The van der Waals surface area contributed by atoms with Crippen LogP contribution in [0.15, 0.2) is 15.5 Å². The predicted molar refractivity (Wildman–Crippen MR) is 81.0 cm³/mol. The predicted octanol–water partition coefficient (Wildman–Crippen LogP) is 2.40. The fraction of sp³-hybridized carbons (Fsp3) is 0.714. The largest absolute Gasteiger partial charge is 0.380 e. The first-order valence-electron chi connectivity index (χ1n) is 7.31. The van der Waals surface area contributed by atoms with E-state index in [0.717, 1.165) is 31.7 Å². The summed E-state index contributed by atoms with van der Waals surface area (Å²) < 4.78 is 7.69. The van der Waals surface area contributed by atoms with Crippen LogP contribution in [0.25, 0.3) is 0 Å². The van der Waals surface area contributed by atoms with E-state index in [1.807, 2.05) is 6.92 Å². The summed E-state index contributed by atoms with van der Waals surface area (Å²) in [6.45, 7) is 3.52. The zero-order chi connectivity index (χ0) is 14.1. The third-order valence-electron chi connectivity index (χ3n) is 3.97. The Labute approximate surface area is 126 Å². The summed E-state index contributed by atoms with van der Waals surface area (Å²) in [5.74, 6) is 0.643. The van der Waals surface area contributed by atoms with E-state index in [0.29, 0.717) is 22.5 Å². The average Bonchev–Trinajstić information content (AvgIpc) is 3.19. The monoisotopic (exact) mass is 341 g/mol. The molecule has 0 unspecified atom stereocenters. The standard InChI is InChI=1S/C14H20BrN3O2/c1-2-20-11-5-10(6-11)17-12-7-16-18(8-9-3-4-9)14(19)13(12)15/h7,9-11,17H,2-6,8H2,1H3. The Kier molecular flexibility index (Phi) is 4.12. The quantitative estimate of drug-likeness (QED) is 0.863. The van der Waals surface area contributed by atoms with Gasteiger partial charge in [0.1, 0.15) is 4.47 Å². The van der Waals surface area contributed by atoms with Crippen molar-refractivity contribution in [1.82, 2.24) is 9.78 Å². The molecule has 110 valence electrons. The van der Waals surface area contributed by atoms with E-state index >= 15 is 0 Å². The summed E-state index contributed by atoms with van der Waals surface area (Å²) in [5, 5.41) is 7.64. The van der Waals surface area contributed by atoms with Crippen LogP contribution in [-0.2, 0) is 11.3 Å². The number of rotatable bonds is 6. The third kappa shape index (κ3) is 3.06. The maximum Gasteiger partial charge on any atom is 0.283 e. The van der Waals surface area contributed by atoms with Crippen molar-refractivity contribution >= 4 is 21.6 Å². The van der Waals surface area contributed by atoms with Gasteiger partial charge in [-0.2, -0.15) is 5.10 Å². The Balaban J connectivity index is 1.62. The Bertz CT molecular complexity index is 536. The summed E-state index contributed by atoms with van der Waals surface area (Å²) in [4.78, 5) is 12.2. The lowest BCUT2D eigenvalue weighted by Gasteiger charge is -2.36. The molecule has 20 heavy (non-hydrogen) atoms. The summed E-state index contributed by atoms with van der Waals surface area (Å²) in [5.41, 5.74) is 0.754. The molecule has 5 nitrogen and oxygen atoms in total. The number of halogens is 1. The van der Waals surface area contributed by atoms with Gasteiger partial charge in [-0.1, -0.05) is 0 Å². The molecule has 0 radical (unpaired) electrons. The van der Waals surface area contributed by atoms with Gasteiger partial charge in [-0.3, -0.25) is 4.79 Å². The van der Waals surface area contributed by atoms with Gasteiger partial charge in [0.15, 0.2) is 0 Å². The molecule has 0 aromatic carbocycles. The number of hydrogen-bond acceptors (Lipinski definition) is 4. The van der Waals surface area contributed by atoms with E-state index < -0.39 is 0 Å². The molecule has 6 heteroatoms. The van der Waals surface area contributed by atoms with Crippen LogP contribution in [0.5, 0.6) is 0 Å². The fourth-order valence-corrected chi connectivity index (χ4v) is 2.94. The van der Waals surface area contributed by atoms with Crippen LogP contribution >= 0.6 is 15.9 Å². The van der Waals surface area contributed by atoms with E-state index in [9.17, 15) is 4.79 Å². The normalized spacial score (nSPS) is 25.3. The second-order valence-corrected chi connectivity index (χ2v) is 6.49. The highest BCUT2D eigenvalue weighted by Gasteiger charge is 2.30. The van der Waals surface area contributed by atoms with Gasteiger partial charge < -0.3 is 10.1 Å². The molecule has 0 amide bonds. The van der Waals surface area contributed by atoms with Crippen LogP contribution < -0.4 is 10.9 Å². The smallest absolute Gasteiger partial charge is 0.283 e. The lowest BCUT2D eigenvalue weighted by molar-refractivity contribution is 0.00297. The lowest BCUT2D eigenvalue weighted by atomic mass is 9.89. The van der Waals surface area contributed by atoms with Gasteiger partial charge in [0.2, 0.25) is 0 Å². The molecule has 0 spiro atoms. The maximum absolute atomic E-state index is 12.2. The highest BCUT2D eigenvalue weighted by Crippen LogP contribution is 2.31.